The standard InChI is InChI=1S/C22H23N5OS/c28-22(24-14-16-8-6-7-13-23-16)19-15-29-21(27-19)12-3-1-2-11-20-25-17-9-4-5-10-18(17)26-20/h4-10,13,15H,1-3,11-12,14H2,(H,24,28)(H,25,26). The van der Waals surface area contributed by atoms with E-state index in [0.717, 1.165) is 59.7 Å². The fourth-order valence-electron chi connectivity index (χ4n) is 3.16. The second-order valence-electron chi connectivity index (χ2n) is 6.89. The van der Waals surface area contributed by atoms with E-state index in [1.54, 1.807) is 17.5 Å². The first-order valence-corrected chi connectivity index (χ1v) is 10.7. The average Bonchev–Trinajstić information content (AvgIpc) is 3.39. The van der Waals surface area contributed by atoms with Crippen molar-refractivity contribution in [3.63, 3.8) is 0 Å². The molecular weight excluding hydrogens is 382 g/mol. The Hall–Kier alpha value is -3.06. The second kappa shape index (κ2) is 9.43. The van der Waals surface area contributed by atoms with Gasteiger partial charge >= 0.3 is 0 Å². The minimum Gasteiger partial charge on any atom is -0.345 e. The van der Waals surface area contributed by atoms with E-state index in [1.165, 1.54) is 0 Å². The fourth-order valence-corrected chi connectivity index (χ4v) is 3.98. The first kappa shape index (κ1) is 19.3. The molecule has 148 valence electrons. The molecule has 3 heterocycles. The molecule has 4 aromatic rings. The number of hydrogen-bond donors (Lipinski definition) is 2. The van der Waals surface area contributed by atoms with Crippen LogP contribution in [0, 0.1) is 0 Å². The molecule has 7 heteroatoms. The molecule has 0 aliphatic rings. The predicted octanol–water partition coefficient (Wildman–Crippen LogP) is 4.30. The van der Waals surface area contributed by atoms with Gasteiger partial charge in [0.25, 0.3) is 5.91 Å². The summed E-state index contributed by atoms with van der Waals surface area (Å²) < 4.78 is 0. The monoisotopic (exact) mass is 405 g/mol. The van der Waals surface area contributed by atoms with Gasteiger partial charge in [0.1, 0.15) is 11.5 Å². The lowest BCUT2D eigenvalue weighted by molar-refractivity contribution is 0.0946. The number of unbranched alkanes of at least 4 members (excludes halogenated alkanes) is 2. The molecule has 29 heavy (non-hydrogen) atoms. The number of aromatic amines is 1. The fraction of sp³-hybridized carbons (Fsp3) is 0.273. The number of aryl methyl sites for hydroxylation is 2. The summed E-state index contributed by atoms with van der Waals surface area (Å²) in [5.74, 6) is 0.898. The summed E-state index contributed by atoms with van der Waals surface area (Å²) >= 11 is 1.55. The summed E-state index contributed by atoms with van der Waals surface area (Å²) in [6, 6.07) is 13.8. The SMILES string of the molecule is O=C(NCc1ccccn1)c1csc(CCCCCc2nc3ccccc3[nH]2)n1. The number of rotatable bonds is 9. The van der Waals surface area contributed by atoms with E-state index < -0.39 is 0 Å². The molecule has 0 spiro atoms. The van der Waals surface area contributed by atoms with Gasteiger partial charge in [-0.05, 0) is 43.5 Å². The van der Waals surface area contributed by atoms with Gasteiger partial charge in [0.05, 0.1) is 28.3 Å². The summed E-state index contributed by atoms with van der Waals surface area (Å²) in [6.07, 6.45) is 6.83. The van der Waals surface area contributed by atoms with Gasteiger partial charge < -0.3 is 10.3 Å². The Bertz CT molecular complexity index is 1040. The minimum atomic E-state index is -0.150. The van der Waals surface area contributed by atoms with Gasteiger partial charge in [-0.2, -0.15) is 0 Å². The van der Waals surface area contributed by atoms with Crippen molar-refractivity contribution in [2.45, 2.75) is 38.6 Å². The lowest BCUT2D eigenvalue weighted by Crippen LogP contribution is -2.23. The molecule has 0 aliphatic heterocycles. The first-order valence-electron chi connectivity index (χ1n) is 9.84. The van der Waals surface area contributed by atoms with Crippen LogP contribution >= 0.6 is 11.3 Å². The third kappa shape index (κ3) is 5.26. The Kier molecular flexibility index (Phi) is 6.26. The van der Waals surface area contributed by atoms with Crippen LogP contribution in [0.3, 0.4) is 0 Å². The number of amides is 1. The number of nitrogens with one attached hydrogen (secondary N) is 2. The van der Waals surface area contributed by atoms with Gasteiger partial charge in [-0.1, -0.05) is 24.6 Å². The molecule has 0 aliphatic carbocycles. The van der Waals surface area contributed by atoms with E-state index in [0.29, 0.717) is 12.2 Å². The normalized spacial score (nSPS) is 11.0. The lowest BCUT2D eigenvalue weighted by atomic mass is 10.1. The van der Waals surface area contributed by atoms with Gasteiger partial charge in [-0.25, -0.2) is 9.97 Å². The molecule has 4 rings (SSSR count). The van der Waals surface area contributed by atoms with Crippen molar-refractivity contribution in [2.24, 2.45) is 0 Å². The zero-order valence-corrected chi connectivity index (χ0v) is 16.9. The van der Waals surface area contributed by atoms with Gasteiger partial charge in [0, 0.05) is 18.0 Å². The highest BCUT2D eigenvalue weighted by Crippen LogP contribution is 2.15. The molecule has 0 saturated carbocycles. The molecule has 1 aromatic carbocycles. The smallest absolute Gasteiger partial charge is 0.271 e. The number of thiazole rings is 1. The maximum absolute atomic E-state index is 12.2. The minimum absolute atomic E-state index is 0.150. The zero-order chi connectivity index (χ0) is 19.9. The number of benzene rings is 1. The summed E-state index contributed by atoms with van der Waals surface area (Å²) in [5.41, 5.74) is 3.45. The largest absolute Gasteiger partial charge is 0.345 e. The van der Waals surface area contributed by atoms with Crippen LogP contribution in [-0.2, 0) is 19.4 Å². The van der Waals surface area contributed by atoms with Crippen molar-refractivity contribution in [1.82, 2.24) is 25.3 Å². The Morgan fingerprint density at radius 3 is 2.72 bits per heavy atom. The van der Waals surface area contributed by atoms with Crippen molar-refractivity contribution in [3.05, 3.63) is 76.3 Å². The first-order chi connectivity index (χ1) is 14.3. The number of carbonyl (C=O) groups excluding carboxylic acids is 1. The Morgan fingerprint density at radius 2 is 1.86 bits per heavy atom. The van der Waals surface area contributed by atoms with Crippen molar-refractivity contribution in [3.8, 4) is 0 Å². The second-order valence-corrected chi connectivity index (χ2v) is 7.83. The highest BCUT2D eigenvalue weighted by Gasteiger charge is 2.10. The maximum atomic E-state index is 12.2. The highest BCUT2D eigenvalue weighted by molar-refractivity contribution is 7.09. The van der Waals surface area contributed by atoms with Crippen molar-refractivity contribution in [1.29, 1.82) is 0 Å². The Balaban J connectivity index is 1.17. The summed E-state index contributed by atoms with van der Waals surface area (Å²) in [7, 11) is 0. The predicted molar refractivity (Wildman–Crippen MR) is 115 cm³/mol. The number of pyridine rings is 1. The van der Waals surface area contributed by atoms with E-state index in [2.05, 4.69) is 31.3 Å². The van der Waals surface area contributed by atoms with E-state index in [1.807, 2.05) is 41.8 Å². The summed E-state index contributed by atoms with van der Waals surface area (Å²) in [6.45, 7) is 0.411. The number of para-hydroxylation sites is 2. The van der Waals surface area contributed by atoms with Gasteiger partial charge in [0.15, 0.2) is 0 Å². The molecule has 2 N–H and O–H groups in total. The molecular formula is C22H23N5OS. The van der Waals surface area contributed by atoms with Gasteiger partial charge in [0.2, 0.25) is 0 Å². The lowest BCUT2D eigenvalue weighted by Gasteiger charge is -2.02. The molecule has 6 nitrogen and oxygen atoms in total. The number of carbonyl (C=O) groups is 1. The van der Waals surface area contributed by atoms with Gasteiger partial charge in [-0.15, -0.1) is 11.3 Å². The number of nitrogens with zero attached hydrogens (tertiary/aromatic N) is 3. The molecule has 0 atom stereocenters. The molecule has 0 unspecified atom stereocenters. The van der Waals surface area contributed by atoms with Crippen LogP contribution in [0.5, 0.6) is 0 Å². The van der Waals surface area contributed by atoms with Crippen molar-refractivity contribution in [2.75, 3.05) is 0 Å². The van der Waals surface area contributed by atoms with Crippen LogP contribution in [0.4, 0.5) is 0 Å². The third-order valence-corrected chi connectivity index (χ3v) is 5.59. The molecule has 0 fully saturated rings. The number of aromatic nitrogens is 4. The Morgan fingerprint density at radius 1 is 1.00 bits per heavy atom. The third-order valence-electron chi connectivity index (χ3n) is 4.68. The van der Waals surface area contributed by atoms with E-state index >= 15 is 0 Å². The molecule has 3 aromatic heterocycles. The van der Waals surface area contributed by atoms with Crippen molar-refractivity contribution < 1.29 is 4.79 Å². The molecule has 0 radical (unpaired) electrons. The van der Waals surface area contributed by atoms with Crippen LogP contribution in [0.2, 0.25) is 0 Å². The quantitative estimate of drug-likeness (QED) is 0.407. The van der Waals surface area contributed by atoms with Gasteiger partial charge in [-0.3, -0.25) is 9.78 Å². The highest BCUT2D eigenvalue weighted by atomic mass is 32.1. The summed E-state index contributed by atoms with van der Waals surface area (Å²) in [4.78, 5) is 28.9. The number of fused-ring (bicyclic) bond motifs is 1. The molecule has 0 saturated heterocycles. The Labute approximate surface area is 173 Å². The number of H-pyrrole nitrogens is 1. The number of hydrogen-bond acceptors (Lipinski definition) is 5. The average molecular weight is 406 g/mol. The molecule has 1 amide bonds. The topological polar surface area (TPSA) is 83.6 Å². The van der Waals surface area contributed by atoms with Crippen LogP contribution < -0.4 is 5.32 Å². The molecule has 0 bridgehead atoms. The van der Waals surface area contributed by atoms with E-state index in [4.69, 9.17) is 0 Å². The van der Waals surface area contributed by atoms with Crippen LogP contribution in [0.1, 0.15) is 46.3 Å². The van der Waals surface area contributed by atoms with Crippen LogP contribution in [-0.4, -0.2) is 25.8 Å². The van der Waals surface area contributed by atoms with Crippen molar-refractivity contribution >= 4 is 28.3 Å². The van der Waals surface area contributed by atoms with Crippen LogP contribution in [0.25, 0.3) is 11.0 Å². The van der Waals surface area contributed by atoms with E-state index in [-0.39, 0.29) is 5.91 Å². The maximum Gasteiger partial charge on any atom is 0.271 e. The zero-order valence-electron chi connectivity index (χ0n) is 16.1. The van der Waals surface area contributed by atoms with E-state index in [9.17, 15) is 4.79 Å². The number of imidazole rings is 1. The summed E-state index contributed by atoms with van der Waals surface area (Å²) in [5, 5.41) is 5.71. The van der Waals surface area contributed by atoms with Crippen LogP contribution in [0.15, 0.2) is 54.0 Å².